The highest BCUT2D eigenvalue weighted by molar-refractivity contribution is 14.1. The number of nitrogens with zero attached hydrogens (tertiary/aromatic N) is 5. The lowest BCUT2D eigenvalue weighted by Crippen LogP contribution is -2.41. The predicted molar refractivity (Wildman–Crippen MR) is 154 cm³/mol. The Bertz CT molecular complexity index is 1700. The maximum absolute atomic E-state index is 12.8. The van der Waals surface area contributed by atoms with Gasteiger partial charge in [0.05, 0.1) is 18.8 Å². The van der Waals surface area contributed by atoms with Crippen molar-refractivity contribution in [2.24, 2.45) is 4.99 Å². The van der Waals surface area contributed by atoms with Crippen LogP contribution in [-0.2, 0) is 4.74 Å². The molecule has 204 valence electrons. The molecule has 0 bridgehead atoms. The molecule has 4 heterocycles. The lowest BCUT2D eigenvalue weighted by molar-refractivity contribution is 0.0232. The summed E-state index contributed by atoms with van der Waals surface area (Å²) in [7, 11) is 0. The standard InChI is InChI=1S/C26H29IN8O4/c1-26(2,3)39-25(38)34-9-5-8-18(34)14-28-21-12-20(30-17-7-4-6-16(27)11-17)32-22-15(13-29-35(21)22)10-19-23(36)33-24(37)31-19/h4,6-7,10-13,18,30,36H,5,8-9,14H2,1-3H3,(H2,31,33,37). The molecule has 0 saturated carbocycles. The van der Waals surface area contributed by atoms with E-state index in [9.17, 15) is 14.7 Å². The Morgan fingerprint density at radius 2 is 2.15 bits per heavy atom. The minimum Gasteiger partial charge on any atom is -0.493 e. The van der Waals surface area contributed by atoms with Crippen LogP contribution in [0.25, 0.3) is 11.7 Å². The molecule has 1 saturated heterocycles. The summed E-state index contributed by atoms with van der Waals surface area (Å²) >= 11 is 2.24. The number of hydrogen-bond acceptors (Lipinski definition) is 8. The monoisotopic (exact) mass is 644 g/mol. The molecule has 4 N–H and O–H groups in total. The third-order valence-corrected chi connectivity index (χ3v) is 6.75. The number of anilines is 2. The van der Waals surface area contributed by atoms with E-state index in [1.165, 1.54) is 0 Å². The number of aromatic amines is 2. The van der Waals surface area contributed by atoms with Crippen molar-refractivity contribution in [1.29, 1.82) is 0 Å². The second-order valence-corrected chi connectivity index (χ2v) is 11.5. The number of carbonyl (C=O) groups is 1. The molecule has 12 nitrogen and oxygen atoms in total. The summed E-state index contributed by atoms with van der Waals surface area (Å²) in [5, 5.41) is 18.4. The quantitative estimate of drug-likeness (QED) is 0.244. The molecule has 0 spiro atoms. The highest BCUT2D eigenvalue weighted by atomic mass is 127. The van der Waals surface area contributed by atoms with Crippen molar-refractivity contribution in [2.45, 2.75) is 45.3 Å². The number of carbonyl (C=O) groups excluding carboxylic acids is 1. The highest BCUT2D eigenvalue weighted by Gasteiger charge is 2.31. The van der Waals surface area contributed by atoms with Gasteiger partial charge in [0.15, 0.2) is 11.1 Å². The van der Waals surface area contributed by atoms with E-state index in [1.807, 2.05) is 45.0 Å². The van der Waals surface area contributed by atoms with Gasteiger partial charge in [0.2, 0.25) is 5.88 Å². The van der Waals surface area contributed by atoms with Crippen molar-refractivity contribution >= 4 is 51.9 Å². The Kier molecular flexibility index (Phi) is 7.34. The zero-order valence-corrected chi connectivity index (χ0v) is 23.9. The fourth-order valence-corrected chi connectivity index (χ4v) is 4.93. The van der Waals surface area contributed by atoms with Crippen molar-refractivity contribution in [3.8, 4) is 5.88 Å². The molecule has 3 aromatic heterocycles. The number of likely N-dealkylation sites (tertiary alicyclic amines) is 1. The molecule has 1 aliphatic rings. The van der Waals surface area contributed by atoms with Gasteiger partial charge in [-0.15, -0.1) is 0 Å². The maximum Gasteiger partial charge on any atom is 0.410 e. The van der Waals surface area contributed by atoms with E-state index in [1.54, 1.807) is 27.8 Å². The van der Waals surface area contributed by atoms with Crippen LogP contribution < -0.4 is 21.7 Å². The summed E-state index contributed by atoms with van der Waals surface area (Å²) in [6, 6.07) is 9.57. The molecule has 0 radical (unpaired) electrons. The Morgan fingerprint density at radius 3 is 2.87 bits per heavy atom. The van der Waals surface area contributed by atoms with Crippen molar-refractivity contribution < 1.29 is 14.6 Å². The lowest BCUT2D eigenvalue weighted by atomic mass is 10.2. The second kappa shape index (κ2) is 10.7. The van der Waals surface area contributed by atoms with E-state index >= 15 is 0 Å². The number of imidazole rings is 1. The summed E-state index contributed by atoms with van der Waals surface area (Å²) in [5.41, 5.74) is 0.983. The highest BCUT2D eigenvalue weighted by Crippen LogP contribution is 2.21. The first-order chi connectivity index (χ1) is 18.6. The van der Waals surface area contributed by atoms with Gasteiger partial charge in [-0.2, -0.15) is 9.61 Å². The lowest BCUT2D eigenvalue weighted by Gasteiger charge is -2.27. The molecule has 0 aliphatic carbocycles. The molecule has 1 atom stereocenters. The first-order valence-corrected chi connectivity index (χ1v) is 13.6. The Balaban J connectivity index is 1.55. The molecule has 1 aliphatic heterocycles. The van der Waals surface area contributed by atoms with Gasteiger partial charge < -0.3 is 25.0 Å². The van der Waals surface area contributed by atoms with E-state index in [0.29, 0.717) is 35.3 Å². The van der Waals surface area contributed by atoms with Gasteiger partial charge in [-0.3, -0.25) is 9.98 Å². The van der Waals surface area contributed by atoms with E-state index in [4.69, 9.17) is 14.7 Å². The van der Waals surface area contributed by atoms with Gasteiger partial charge in [0.1, 0.15) is 17.1 Å². The van der Waals surface area contributed by atoms with E-state index in [0.717, 1.165) is 22.1 Å². The average molecular weight is 644 g/mol. The number of benzene rings is 1. The van der Waals surface area contributed by atoms with Gasteiger partial charge in [-0.1, -0.05) is 6.07 Å². The fourth-order valence-electron chi connectivity index (χ4n) is 4.39. The summed E-state index contributed by atoms with van der Waals surface area (Å²) < 4.78 is 8.26. The summed E-state index contributed by atoms with van der Waals surface area (Å²) in [5.74, 6) is 0.265. The van der Waals surface area contributed by atoms with Crippen LogP contribution in [0, 0.1) is 3.57 Å². The average Bonchev–Trinajstić information content (AvgIpc) is 3.56. The van der Waals surface area contributed by atoms with Gasteiger partial charge in [-0.25, -0.2) is 14.6 Å². The summed E-state index contributed by atoms with van der Waals surface area (Å²) in [6.45, 7) is 6.55. The number of ether oxygens (including phenoxy) is 1. The number of fused-ring (bicyclic) bond motifs is 1. The number of rotatable bonds is 5. The SMILES string of the molecule is CC(C)(C)OC(=O)N1CCCC1CN=c1cc(Nc2cccc(I)c2)nc2c(=Cc3[nH]c(=O)[nH]c3O)cnn12. The Hall–Kier alpha value is -3.88. The van der Waals surface area contributed by atoms with Crippen LogP contribution in [-0.4, -0.2) is 65.4 Å². The van der Waals surface area contributed by atoms with Crippen LogP contribution in [0.5, 0.6) is 5.88 Å². The summed E-state index contributed by atoms with van der Waals surface area (Å²) in [4.78, 5) is 40.6. The first kappa shape index (κ1) is 26.7. The normalized spacial score (nSPS) is 16.8. The minimum atomic E-state index is -0.575. The molecule has 5 rings (SSSR count). The van der Waals surface area contributed by atoms with E-state index in [-0.39, 0.29) is 23.7 Å². The molecule has 1 aromatic carbocycles. The number of nitrogens with one attached hydrogen (secondary N) is 3. The zero-order chi connectivity index (χ0) is 27.7. The largest absolute Gasteiger partial charge is 0.493 e. The van der Waals surface area contributed by atoms with Crippen LogP contribution in [0.2, 0.25) is 0 Å². The van der Waals surface area contributed by atoms with Gasteiger partial charge >= 0.3 is 11.8 Å². The van der Waals surface area contributed by atoms with Crippen molar-refractivity contribution in [1.82, 2.24) is 29.5 Å². The van der Waals surface area contributed by atoms with Gasteiger partial charge in [0.25, 0.3) is 0 Å². The number of hydrogen-bond donors (Lipinski definition) is 4. The topological polar surface area (TPSA) is 153 Å². The first-order valence-electron chi connectivity index (χ1n) is 12.5. The Morgan fingerprint density at radius 1 is 1.33 bits per heavy atom. The third-order valence-electron chi connectivity index (χ3n) is 6.08. The number of aromatic hydroxyl groups is 1. The molecule has 4 aromatic rings. The predicted octanol–water partition coefficient (Wildman–Crippen LogP) is 2.65. The van der Waals surface area contributed by atoms with Crippen LogP contribution in [0.4, 0.5) is 16.3 Å². The molecular formula is C26H29IN8O4. The molecular weight excluding hydrogens is 615 g/mol. The van der Waals surface area contributed by atoms with Gasteiger partial charge in [0, 0.05) is 27.1 Å². The molecule has 13 heteroatoms. The fraction of sp³-hybridized carbons (Fsp3) is 0.346. The van der Waals surface area contributed by atoms with Crippen LogP contribution in [0.15, 0.2) is 46.3 Å². The number of amides is 1. The Labute approximate surface area is 237 Å². The molecule has 1 fully saturated rings. The number of halogens is 1. The van der Waals surface area contributed by atoms with Crippen LogP contribution in [0.3, 0.4) is 0 Å². The number of H-pyrrole nitrogens is 2. The van der Waals surface area contributed by atoms with E-state index < -0.39 is 11.3 Å². The van der Waals surface area contributed by atoms with Crippen molar-refractivity contribution in [3.05, 3.63) is 67.0 Å². The molecule has 1 amide bonds. The van der Waals surface area contributed by atoms with E-state index in [2.05, 4.69) is 43.0 Å². The number of aromatic nitrogens is 5. The van der Waals surface area contributed by atoms with Gasteiger partial charge in [-0.05, 0) is 80.5 Å². The zero-order valence-electron chi connectivity index (χ0n) is 21.7. The molecule has 39 heavy (non-hydrogen) atoms. The maximum atomic E-state index is 12.8. The molecule has 1 unspecified atom stereocenters. The van der Waals surface area contributed by atoms with Crippen molar-refractivity contribution in [2.75, 3.05) is 18.4 Å². The third kappa shape index (κ3) is 6.24. The minimum absolute atomic E-state index is 0.0985. The second-order valence-electron chi connectivity index (χ2n) is 10.3. The smallest absolute Gasteiger partial charge is 0.410 e. The van der Waals surface area contributed by atoms with Crippen LogP contribution >= 0.6 is 22.6 Å². The summed E-state index contributed by atoms with van der Waals surface area (Å²) in [6.07, 6.45) is 4.54. The van der Waals surface area contributed by atoms with Crippen molar-refractivity contribution in [3.63, 3.8) is 0 Å². The van der Waals surface area contributed by atoms with Crippen LogP contribution in [0.1, 0.15) is 39.3 Å².